The number of hydrogen-bond acceptors (Lipinski definition) is 4. The van der Waals surface area contributed by atoms with E-state index in [0.29, 0.717) is 19.7 Å². The summed E-state index contributed by atoms with van der Waals surface area (Å²) in [5.41, 5.74) is 5.39. The van der Waals surface area contributed by atoms with Gasteiger partial charge >= 0.3 is 0 Å². The molecule has 0 radical (unpaired) electrons. The van der Waals surface area contributed by atoms with Gasteiger partial charge < -0.3 is 20.5 Å². The van der Waals surface area contributed by atoms with E-state index < -0.39 is 0 Å². The van der Waals surface area contributed by atoms with Gasteiger partial charge in [0, 0.05) is 12.5 Å². The highest BCUT2D eigenvalue weighted by Crippen LogP contribution is 2.16. The fraction of sp³-hybridized carbons (Fsp3) is 0.462. The molecule has 1 unspecified atom stereocenters. The van der Waals surface area contributed by atoms with Crippen LogP contribution in [0.5, 0.6) is 11.5 Å². The van der Waals surface area contributed by atoms with Gasteiger partial charge in [0.25, 0.3) is 0 Å². The second kappa shape index (κ2) is 7.55. The lowest BCUT2D eigenvalue weighted by Crippen LogP contribution is -2.35. The first-order valence-corrected chi connectivity index (χ1v) is 5.92. The van der Waals surface area contributed by atoms with Crippen LogP contribution >= 0.6 is 0 Å². The summed E-state index contributed by atoms with van der Waals surface area (Å²) >= 11 is 0. The Morgan fingerprint density at radius 2 is 1.94 bits per heavy atom. The molecule has 0 saturated heterocycles. The molecule has 0 aromatic heterocycles. The van der Waals surface area contributed by atoms with E-state index in [-0.39, 0.29) is 11.8 Å². The Bertz CT molecular complexity index is 365. The average molecular weight is 252 g/mol. The number of carbonyl (C=O) groups is 1. The molecule has 1 atom stereocenters. The molecule has 1 aromatic rings. The molecule has 0 aliphatic heterocycles. The molecule has 0 spiro atoms. The first-order valence-electron chi connectivity index (χ1n) is 5.92. The van der Waals surface area contributed by atoms with Crippen molar-refractivity contribution in [3.05, 3.63) is 24.3 Å². The minimum atomic E-state index is -0.161. The molecular weight excluding hydrogens is 232 g/mol. The van der Waals surface area contributed by atoms with Crippen molar-refractivity contribution in [1.82, 2.24) is 5.32 Å². The van der Waals surface area contributed by atoms with E-state index in [2.05, 4.69) is 5.32 Å². The van der Waals surface area contributed by atoms with Gasteiger partial charge in [-0.3, -0.25) is 4.79 Å². The summed E-state index contributed by atoms with van der Waals surface area (Å²) < 4.78 is 10.5. The van der Waals surface area contributed by atoms with Crippen LogP contribution in [0.4, 0.5) is 0 Å². The molecule has 3 N–H and O–H groups in total. The van der Waals surface area contributed by atoms with Crippen LogP contribution in [-0.4, -0.2) is 32.7 Å². The summed E-state index contributed by atoms with van der Waals surface area (Å²) in [6.07, 6.45) is 0. The van der Waals surface area contributed by atoms with Crippen molar-refractivity contribution in [3.63, 3.8) is 0 Å². The van der Waals surface area contributed by atoms with E-state index in [4.69, 9.17) is 15.2 Å². The van der Waals surface area contributed by atoms with E-state index in [1.165, 1.54) is 0 Å². The largest absolute Gasteiger partial charge is 0.497 e. The normalized spacial score (nSPS) is 11.7. The van der Waals surface area contributed by atoms with Crippen LogP contribution in [0.3, 0.4) is 0 Å². The molecule has 1 rings (SSSR count). The van der Waals surface area contributed by atoms with Gasteiger partial charge in [-0.05, 0) is 24.3 Å². The zero-order chi connectivity index (χ0) is 13.4. The Hall–Kier alpha value is -1.75. The van der Waals surface area contributed by atoms with E-state index in [1.54, 1.807) is 14.0 Å². The van der Waals surface area contributed by atoms with Crippen LogP contribution in [0.2, 0.25) is 0 Å². The van der Waals surface area contributed by atoms with Gasteiger partial charge in [0.2, 0.25) is 5.91 Å². The van der Waals surface area contributed by atoms with Crippen LogP contribution in [0.25, 0.3) is 0 Å². The Labute approximate surface area is 107 Å². The van der Waals surface area contributed by atoms with E-state index in [0.717, 1.165) is 11.5 Å². The molecule has 1 aromatic carbocycles. The zero-order valence-corrected chi connectivity index (χ0v) is 10.8. The van der Waals surface area contributed by atoms with Crippen molar-refractivity contribution in [3.8, 4) is 11.5 Å². The monoisotopic (exact) mass is 252 g/mol. The standard InChI is InChI=1S/C13H20N2O3/c1-10(9-14)13(16)15-7-8-18-12-5-3-11(17-2)4-6-12/h3-6,10H,7-9,14H2,1-2H3,(H,15,16). The maximum Gasteiger partial charge on any atom is 0.224 e. The van der Waals surface area contributed by atoms with E-state index >= 15 is 0 Å². The molecule has 0 saturated carbocycles. The first-order chi connectivity index (χ1) is 8.67. The second-order valence-corrected chi connectivity index (χ2v) is 3.95. The molecular formula is C13H20N2O3. The van der Waals surface area contributed by atoms with Crippen molar-refractivity contribution in [1.29, 1.82) is 0 Å². The number of nitrogens with one attached hydrogen (secondary N) is 1. The molecule has 1 amide bonds. The predicted molar refractivity (Wildman–Crippen MR) is 69.7 cm³/mol. The van der Waals surface area contributed by atoms with Gasteiger partial charge in [-0.25, -0.2) is 0 Å². The summed E-state index contributed by atoms with van der Waals surface area (Å²) in [6.45, 7) is 3.04. The summed E-state index contributed by atoms with van der Waals surface area (Å²) in [5, 5.41) is 2.76. The minimum Gasteiger partial charge on any atom is -0.497 e. The minimum absolute atomic E-state index is 0.0455. The Kier molecular flexibility index (Phi) is 6.00. The fourth-order valence-electron chi connectivity index (χ4n) is 1.30. The third kappa shape index (κ3) is 4.63. The molecule has 0 aliphatic rings. The molecule has 0 fully saturated rings. The number of rotatable bonds is 7. The van der Waals surface area contributed by atoms with Crippen LogP contribution in [-0.2, 0) is 4.79 Å². The molecule has 18 heavy (non-hydrogen) atoms. The van der Waals surface area contributed by atoms with Gasteiger partial charge in [-0.1, -0.05) is 6.92 Å². The van der Waals surface area contributed by atoms with Crippen LogP contribution < -0.4 is 20.5 Å². The number of amides is 1. The summed E-state index contributed by atoms with van der Waals surface area (Å²) in [4.78, 5) is 11.4. The Morgan fingerprint density at radius 1 is 1.33 bits per heavy atom. The average Bonchev–Trinajstić information content (AvgIpc) is 2.43. The molecule has 0 bridgehead atoms. The number of nitrogens with two attached hydrogens (primary N) is 1. The Balaban J connectivity index is 2.23. The lowest BCUT2D eigenvalue weighted by Gasteiger charge is -2.11. The number of carbonyl (C=O) groups excluding carboxylic acids is 1. The molecule has 5 nitrogen and oxygen atoms in total. The van der Waals surface area contributed by atoms with Gasteiger partial charge in [-0.2, -0.15) is 0 Å². The van der Waals surface area contributed by atoms with Gasteiger partial charge in [0.05, 0.1) is 13.7 Å². The highest BCUT2D eigenvalue weighted by Gasteiger charge is 2.09. The fourth-order valence-corrected chi connectivity index (χ4v) is 1.30. The van der Waals surface area contributed by atoms with Crippen LogP contribution in [0.1, 0.15) is 6.92 Å². The Morgan fingerprint density at radius 3 is 2.50 bits per heavy atom. The number of hydrogen-bond donors (Lipinski definition) is 2. The van der Waals surface area contributed by atoms with E-state index in [9.17, 15) is 4.79 Å². The molecule has 5 heteroatoms. The third-order valence-electron chi connectivity index (χ3n) is 2.53. The number of ether oxygens (including phenoxy) is 2. The van der Waals surface area contributed by atoms with Crippen LogP contribution in [0.15, 0.2) is 24.3 Å². The quantitative estimate of drug-likeness (QED) is 0.703. The van der Waals surface area contributed by atoms with Crippen molar-refractivity contribution >= 4 is 5.91 Å². The molecule has 0 heterocycles. The van der Waals surface area contributed by atoms with Gasteiger partial charge in [0.15, 0.2) is 0 Å². The van der Waals surface area contributed by atoms with Crippen molar-refractivity contribution in [2.45, 2.75) is 6.92 Å². The summed E-state index contributed by atoms with van der Waals surface area (Å²) in [6, 6.07) is 7.29. The molecule has 100 valence electrons. The number of benzene rings is 1. The lowest BCUT2D eigenvalue weighted by atomic mass is 10.2. The van der Waals surface area contributed by atoms with Crippen molar-refractivity contribution in [2.75, 3.05) is 26.8 Å². The highest BCUT2D eigenvalue weighted by molar-refractivity contribution is 5.78. The van der Waals surface area contributed by atoms with Crippen molar-refractivity contribution in [2.24, 2.45) is 11.7 Å². The maximum absolute atomic E-state index is 11.4. The van der Waals surface area contributed by atoms with Gasteiger partial charge in [-0.15, -0.1) is 0 Å². The predicted octanol–water partition coefficient (Wildman–Crippen LogP) is 0.785. The third-order valence-corrected chi connectivity index (χ3v) is 2.53. The number of methoxy groups -OCH3 is 1. The lowest BCUT2D eigenvalue weighted by molar-refractivity contribution is -0.124. The first kappa shape index (κ1) is 14.3. The van der Waals surface area contributed by atoms with Crippen molar-refractivity contribution < 1.29 is 14.3 Å². The van der Waals surface area contributed by atoms with E-state index in [1.807, 2.05) is 24.3 Å². The van der Waals surface area contributed by atoms with Crippen LogP contribution in [0, 0.1) is 5.92 Å². The topological polar surface area (TPSA) is 73.6 Å². The smallest absolute Gasteiger partial charge is 0.224 e. The summed E-state index contributed by atoms with van der Waals surface area (Å²) in [7, 11) is 1.62. The second-order valence-electron chi connectivity index (χ2n) is 3.95. The SMILES string of the molecule is COc1ccc(OCCNC(=O)C(C)CN)cc1. The summed E-state index contributed by atoms with van der Waals surface area (Å²) in [5.74, 6) is 1.33. The van der Waals surface area contributed by atoms with Gasteiger partial charge in [0.1, 0.15) is 18.1 Å². The molecule has 0 aliphatic carbocycles. The maximum atomic E-state index is 11.4. The highest BCUT2D eigenvalue weighted by atomic mass is 16.5. The zero-order valence-electron chi connectivity index (χ0n) is 10.8.